The standard InChI is InChI=1S/C20H24N4O5/c25-19(15-11-1-3-12(4-2-11)16(15)20(26)27)21-13-5-6-14(18-17(13)22-29-23-18)24-7-9-28-10-8-24/h5-6,11-12,15-16H,1-4,7-10H2,(H,21,25)(H,26,27)/t11?,12?,15-,16-/m1/s1. The van der Waals surface area contributed by atoms with E-state index in [0.29, 0.717) is 29.9 Å². The molecular formula is C20H24N4O5. The number of nitrogens with zero attached hydrogens (tertiary/aromatic N) is 3. The Morgan fingerprint density at radius 3 is 2.34 bits per heavy atom. The van der Waals surface area contributed by atoms with Gasteiger partial charge in [0.2, 0.25) is 5.91 Å². The molecule has 4 fully saturated rings. The highest BCUT2D eigenvalue weighted by molar-refractivity contribution is 6.04. The third-order valence-electron chi connectivity index (χ3n) is 6.81. The first-order chi connectivity index (χ1) is 14.1. The van der Waals surface area contributed by atoms with E-state index in [1.165, 1.54) is 0 Å². The van der Waals surface area contributed by atoms with Gasteiger partial charge in [0.05, 0.1) is 36.4 Å². The van der Waals surface area contributed by atoms with E-state index in [4.69, 9.17) is 9.37 Å². The zero-order chi connectivity index (χ0) is 20.0. The molecule has 154 valence electrons. The lowest BCUT2D eigenvalue weighted by atomic mass is 9.58. The van der Waals surface area contributed by atoms with E-state index < -0.39 is 17.8 Å². The molecule has 2 N–H and O–H groups in total. The summed E-state index contributed by atoms with van der Waals surface area (Å²) in [4.78, 5) is 27.2. The quantitative estimate of drug-likeness (QED) is 0.801. The van der Waals surface area contributed by atoms with Crippen molar-refractivity contribution >= 4 is 34.3 Å². The number of nitrogens with one attached hydrogen (secondary N) is 1. The average molecular weight is 400 g/mol. The lowest BCUT2D eigenvalue weighted by molar-refractivity contribution is -0.156. The predicted octanol–water partition coefficient (Wildman–Crippen LogP) is 2.13. The minimum absolute atomic E-state index is 0.0886. The number of fused-ring (bicyclic) bond motifs is 4. The van der Waals surface area contributed by atoms with Crippen molar-refractivity contribution in [3.63, 3.8) is 0 Å². The normalized spacial score (nSPS) is 29.2. The fourth-order valence-electron chi connectivity index (χ4n) is 5.41. The average Bonchev–Trinajstić information content (AvgIpc) is 3.25. The third-order valence-corrected chi connectivity index (χ3v) is 6.81. The number of ether oxygens (including phenoxy) is 1. The second-order valence-electron chi connectivity index (χ2n) is 8.25. The summed E-state index contributed by atoms with van der Waals surface area (Å²) in [6, 6.07) is 3.70. The second kappa shape index (κ2) is 7.29. The number of carbonyl (C=O) groups excluding carboxylic acids is 1. The summed E-state index contributed by atoms with van der Waals surface area (Å²) >= 11 is 0. The summed E-state index contributed by atoms with van der Waals surface area (Å²) in [5.41, 5.74) is 2.47. The molecule has 1 aromatic carbocycles. The number of aliphatic carboxylic acids is 1. The largest absolute Gasteiger partial charge is 0.481 e. The van der Waals surface area contributed by atoms with Gasteiger partial charge in [0.25, 0.3) is 0 Å². The molecule has 0 radical (unpaired) electrons. The Kier molecular flexibility index (Phi) is 4.61. The third kappa shape index (κ3) is 3.13. The Hall–Kier alpha value is -2.68. The zero-order valence-electron chi connectivity index (χ0n) is 16.0. The van der Waals surface area contributed by atoms with Crippen LogP contribution in [0.15, 0.2) is 16.8 Å². The number of aromatic nitrogens is 2. The van der Waals surface area contributed by atoms with Gasteiger partial charge in [-0.1, -0.05) is 0 Å². The number of amides is 1. The van der Waals surface area contributed by atoms with Crippen molar-refractivity contribution in [2.75, 3.05) is 36.5 Å². The summed E-state index contributed by atoms with van der Waals surface area (Å²) in [6.07, 6.45) is 3.64. The molecule has 4 aliphatic rings. The second-order valence-corrected chi connectivity index (χ2v) is 8.25. The summed E-state index contributed by atoms with van der Waals surface area (Å²) in [5, 5.41) is 20.7. The first kappa shape index (κ1) is 18.4. The monoisotopic (exact) mass is 400 g/mol. The highest BCUT2D eigenvalue weighted by atomic mass is 16.6. The van der Waals surface area contributed by atoms with Crippen LogP contribution in [0.2, 0.25) is 0 Å². The smallest absolute Gasteiger partial charge is 0.307 e. The lowest BCUT2D eigenvalue weighted by Gasteiger charge is -2.45. The van der Waals surface area contributed by atoms with E-state index in [2.05, 4.69) is 20.5 Å². The number of morpholine rings is 1. The molecule has 2 atom stereocenters. The van der Waals surface area contributed by atoms with Gasteiger partial charge >= 0.3 is 5.97 Å². The van der Waals surface area contributed by atoms with Crippen LogP contribution >= 0.6 is 0 Å². The lowest BCUT2D eigenvalue weighted by Crippen LogP contribution is -2.49. The molecule has 1 saturated heterocycles. The van der Waals surface area contributed by atoms with Crippen molar-refractivity contribution < 1.29 is 24.1 Å². The van der Waals surface area contributed by atoms with Gasteiger partial charge < -0.3 is 20.1 Å². The molecular weight excluding hydrogens is 376 g/mol. The van der Waals surface area contributed by atoms with Crippen molar-refractivity contribution in [2.24, 2.45) is 23.7 Å². The number of carboxylic acid groups (broad SMARTS) is 1. The van der Waals surface area contributed by atoms with E-state index in [1.54, 1.807) is 6.07 Å². The maximum atomic E-state index is 13.1. The van der Waals surface area contributed by atoms with Crippen molar-refractivity contribution in [1.29, 1.82) is 0 Å². The highest BCUT2D eigenvalue weighted by Gasteiger charge is 2.50. The van der Waals surface area contributed by atoms with Crippen LogP contribution in [-0.4, -0.2) is 53.6 Å². The highest BCUT2D eigenvalue weighted by Crippen LogP contribution is 2.49. The maximum absolute atomic E-state index is 13.1. The van der Waals surface area contributed by atoms with Gasteiger partial charge in [-0.25, -0.2) is 4.63 Å². The topological polar surface area (TPSA) is 118 Å². The van der Waals surface area contributed by atoms with Crippen molar-refractivity contribution in [3.8, 4) is 0 Å². The van der Waals surface area contributed by atoms with E-state index in [9.17, 15) is 14.7 Å². The number of hydrogen-bond donors (Lipinski definition) is 2. The number of benzene rings is 1. The van der Waals surface area contributed by atoms with Crippen molar-refractivity contribution in [3.05, 3.63) is 12.1 Å². The van der Waals surface area contributed by atoms with Crippen molar-refractivity contribution in [1.82, 2.24) is 10.3 Å². The molecule has 9 nitrogen and oxygen atoms in total. The Morgan fingerprint density at radius 2 is 1.66 bits per heavy atom. The van der Waals surface area contributed by atoms with Crippen molar-refractivity contribution in [2.45, 2.75) is 25.7 Å². The van der Waals surface area contributed by atoms with Crippen LogP contribution in [0, 0.1) is 23.7 Å². The number of rotatable bonds is 4. The Morgan fingerprint density at radius 1 is 1.00 bits per heavy atom. The van der Waals surface area contributed by atoms with Crippen LogP contribution < -0.4 is 10.2 Å². The molecule has 0 spiro atoms. The van der Waals surface area contributed by atoms with Gasteiger partial charge in [0.1, 0.15) is 0 Å². The number of carbonyl (C=O) groups is 2. The first-order valence-corrected chi connectivity index (χ1v) is 10.2. The van der Waals surface area contributed by atoms with Gasteiger partial charge in [0, 0.05) is 13.1 Å². The summed E-state index contributed by atoms with van der Waals surface area (Å²) < 4.78 is 10.4. The Balaban J connectivity index is 1.42. The van der Waals surface area contributed by atoms with E-state index in [-0.39, 0.29) is 17.7 Å². The summed E-state index contributed by atoms with van der Waals surface area (Å²) in [5.74, 6) is -2.01. The Labute approximate surface area is 167 Å². The van der Waals surface area contributed by atoms with Crippen LogP contribution in [0.4, 0.5) is 11.4 Å². The van der Waals surface area contributed by atoms with Gasteiger partial charge in [-0.05, 0) is 60.0 Å². The Bertz CT molecular complexity index is 930. The molecule has 3 aliphatic carbocycles. The summed E-state index contributed by atoms with van der Waals surface area (Å²) in [7, 11) is 0. The fraction of sp³-hybridized carbons (Fsp3) is 0.600. The molecule has 3 saturated carbocycles. The maximum Gasteiger partial charge on any atom is 0.307 e. The predicted molar refractivity (Wildman–Crippen MR) is 104 cm³/mol. The molecule has 1 aromatic heterocycles. The van der Waals surface area contributed by atoms with Crippen LogP contribution in [0.3, 0.4) is 0 Å². The van der Waals surface area contributed by atoms with Crippen LogP contribution in [-0.2, 0) is 14.3 Å². The van der Waals surface area contributed by atoms with E-state index in [1.807, 2.05) is 6.07 Å². The first-order valence-electron chi connectivity index (χ1n) is 10.2. The van der Waals surface area contributed by atoms with Crippen LogP contribution in [0.5, 0.6) is 0 Å². The number of carboxylic acids is 1. The minimum atomic E-state index is -0.865. The van der Waals surface area contributed by atoms with Gasteiger partial charge in [0.15, 0.2) is 11.0 Å². The molecule has 29 heavy (non-hydrogen) atoms. The molecule has 1 amide bonds. The van der Waals surface area contributed by atoms with Crippen LogP contribution in [0.25, 0.3) is 11.0 Å². The minimum Gasteiger partial charge on any atom is -0.481 e. The molecule has 1 aliphatic heterocycles. The molecule has 6 rings (SSSR count). The summed E-state index contributed by atoms with van der Waals surface area (Å²) in [6.45, 7) is 2.79. The van der Waals surface area contributed by atoms with E-state index >= 15 is 0 Å². The number of hydrogen-bond acceptors (Lipinski definition) is 7. The van der Waals surface area contributed by atoms with Gasteiger partial charge in [-0.2, -0.15) is 0 Å². The van der Waals surface area contributed by atoms with Gasteiger partial charge in [-0.3, -0.25) is 9.59 Å². The zero-order valence-corrected chi connectivity index (χ0v) is 16.0. The molecule has 9 heteroatoms. The molecule has 2 heterocycles. The van der Waals surface area contributed by atoms with Crippen LogP contribution in [0.1, 0.15) is 25.7 Å². The number of anilines is 2. The van der Waals surface area contributed by atoms with Gasteiger partial charge in [-0.15, -0.1) is 0 Å². The van der Waals surface area contributed by atoms with E-state index in [0.717, 1.165) is 44.5 Å². The SMILES string of the molecule is O=C(O)[C@@H]1C2CCC(CC2)[C@H]1C(=O)Nc1ccc(N2CCOCC2)c2nonc12. The fourth-order valence-corrected chi connectivity index (χ4v) is 5.41. The molecule has 2 aromatic rings. The molecule has 2 bridgehead atoms. The molecule has 0 unspecified atom stereocenters.